The summed E-state index contributed by atoms with van der Waals surface area (Å²) in [5.41, 5.74) is 5.85. The van der Waals surface area contributed by atoms with Crippen LogP contribution in [0.25, 0.3) is 0 Å². The van der Waals surface area contributed by atoms with Crippen molar-refractivity contribution in [2.75, 3.05) is 6.54 Å². The second-order valence-electron chi connectivity index (χ2n) is 5.02. The number of nitrogens with one attached hydrogen (secondary N) is 2. The van der Waals surface area contributed by atoms with Gasteiger partial charge in [0.15, 0.2) is 5.03 Å². The first kappa shape index (κ1) is 13.5. The average molecular weight is 272 g/mol. The number of hydrogen-bond acceptors (Lipinski definition) is 4. The van der Waals surface area contributed by atoms with Crippen LogP contribution in [0.4, 0.5) is 0 Å². The lowest BCUT2D eigenvalue weighted by Crippen LogP contribution is -2.49. The number of sulfonamides is 1. The largest absolute Gasteiger partial charge is 0.324 e. The normalized spacial score (nSPS) is 20.5. The van der Waals surface area contributed by atoms with Gasteiger partial charge in [-0.3, -0.25) is 5.10 Å². The van der Waals surface area contributed by atoms with Gasteiger partial charge in [-0.1, -0.05) is 25.7 Å². The summed E-state index contributed by atoms with van der Waals surface area (Å²) in [7, 11) is -3.51. The van der Waals surface area contributed by atoms with Crippen LogP contribution in [0.5, 0.6) is 0 Å². The molecule has 0 atom stereocenters. The predicted molar refractivity (Wildman–Crippen MR) is 68.4 cm³/mol. The lowest BCUT2D eigenvalue weighted by molar-refractivity contribution is 0.369. The Bertz CT molecular complexity index is 461. The SMILES string of the molecule is NC1(CNS(=O)(=O)c2ccn[nH]2)CCCCCC1. The number of nitrogens with zero attached hydrogens (tertiary/aromatic N) is 1. The van der Waals surface area contributed by atoms with Gasteiger partial charge in [-0.2, -0.15) is 5.10 Å². The highest BCUT2D eigenvalue weighted by Crippen LogP contribution is 2.24. The van der Waals surface area contributed by atoms with Gasteiger partial charge in [0.2, 0.25) is 0 Å². The van der Waals surface area contributed by atoms with Gasteiger partial charge in [0.1, 0.15) is 0 Å². The molecule has 0 amide bonds. The van der Waals surface area contributed by atoms with E-state index in [2.05, 4.69) is 14.9 Å². The Labute approximate surface area is 107 Å². The van der Waals surface area contributed by atoms with Gasteiger partial charge < -0.3 is 5.73 Å². The van der Waals surface area contributed by atoms with Crippen molar-refractivity contribution in [3.63, 3.8) is 0 Å². The minimum atomic E-state index is -3.51. The molecule has 1 aliphatic rings. The molecule has 0 saturated heterocycles. The van der Waals surface area contributed by atoms with E-state index in [9.17, 15) is 8.42 Å². The lowest BCUT2D eigenvalue weighted by atomic mass is 9.92. The molecule has 6 nitrogen and oxygen atoms in total. The maximum atomic E-state index is 11.9. The van der Waals surface area contributed by atoms with Gasteiger partial charge >= 0.3 is 0 Å². The van der Waals surface area contributed by atoms with E-state index in [1.165, 1.54) is 25.1 Å². The molecule has 1 aromatic heterocycles. The molecular weight excluding hydrogens is 252 g/mol. The number of aromatic nitrogens is 2. The van der Waals surface area contributed by atoms with Gasteiger partial charge in [-0.05, 0) is 18.9 Å². The fourth-order valence-corrected chi connectivity index (χ4v) is 3.36. The molecule has 0 spiro atoms. The Morgan fingerprint density at radius 1 is 1.33 bits per heavy atom. The fourth-order valence-electron chi connectivity index (χ4n) is 2.32. The van der Waals surface area contributed by atoms with E-state index in [1.54, 1.807) is 0 Å². The summed E-state index contributed by atoms with van der Waals surface area (Å²) < 4.78 is 26.4. The van der Waals surface area contributed by atoms with Crippen LogP contribution >= 0.6 is 0 Å². The summed E-state index contributed by atoms with van der Waals surface area (Å²) >= 11 is 0. The number of hydrogen-bond donors (Lipinski definition) is 3. The van der Waals surface area contributed by atoms with Crippen molar-refractivity contribution in [1.82, 2.24) is 14.9 Å². The molecule has 2 rings (SSSR count). The van der Waals surface area contributed by atoms with Crippen molar-refractivity contribution in [3.8, 4) is 0 Å². The van der Waals surface area contributed by atoms with Crippen LogP contribution in [0.3, 0.4) is 0 Å². The lowest BCUT2D eigenvalue weighted by Gasteiger charge is -2.27. The quantitative estimate of drug-likeness (QED) is 0.704. The van der Waals surface area contributed by atoms with Crippen LogP contribution < -0.4 is 10.5 Å². The van der Waals surface area contributed by atoms with Crippen LogP contribution in [0, 0.1) is 0 Å². The first-order chi connectivity index (χ1) is 8.52. The van der Waals surface area contributed by atoms with Gasteiger partial charge in [-0.25, -0.2) is 13.1 Å². The second kappa shape index (κ2) is 5.38. The summed E-state index contributed by atoms with van der Waals surface area (Å²) in [5.74, 6) is 0. The average Bonchev–Trinajstić information content (AvgIpc) is 2.79. The predicted octanol–water partition coefficient (Wildman–Crippen LogP) is 0.740. The third kappa shape index (κ3) is 3.30. The molecule has 1 heterocycles. The zero-order valence-electron chi connectivity index (χ0n) is 10.4. The van der Waals surface area contributed by atoms with Crippen molar-refractivity contribution in [3.05, 3.63) is 12.3 Å². The van der Waals surface area contributed by atoms with E-state index in [0.29, 0.717) is 0 Å². The third-order valence-corrected chi connectivity index (χ3v) is 4.81. The van der Waals surface area contributed by atoms with Crippen LogP contribution in [0.1, 0.15) is 38.5 Å². The highest BCUT2D eigenvalue weighted by atomic mass is 32.2. The Hall–Kier alpha value is -0.920. The molecule has 1 aromatic rings. The van der Waals surface area contributed by atoms with Crippen molar-refractivity contribution < 1.29 is 8.42 Å². The summed E-state index contributed by atoms with van der Waals surface area (Å²) in [6, 6.07) is 1.43. The molecule has 0 aromatic carbocycles. The maximum Gasteiger partial charge on any atom is 0.257 e. The molecular formula is C11H20N4O2S. The third-order valence-electron chi connectivity index (χ3n) is 3.48. The van der Waals surface area contributed by atoms with Crippen molar-refractivity contribution in [2.45, 2.75) is 49.1 Å². The van der Waals surface area contributed by atoms with Crippen LogP contribution in [-0.2, 0) is 10.0 Å². The summed E-state index contributed by atoms with van der Waals surface area (Å²) in [5, 5.41) is 6.17. The highest BCUT2D eigenvalue weighted by Gasteiger charge is 2.28. The summed E-state index contributed by atoms with van der Waals surface area (Å²) in [4.78, 5) is 0. The van der Waals surface area contributed by atoms with E-state index >= 15 is 0 Å². The van der Waals surface area contributed by atoms with Gasteiger partial charge in [0, 0.05) is 12.1 Å². The van der Waals surface area contributed by atoms with Crippen LogP contribution in [0.15, 0.2) is 17.3 Å². The molecule has 0 bridgehead atoms. The Balaban J connectivity index is 1.98. The minimum absolute atomic E-state index is 0.0831. The van der Waals surface area contributed by atoms with Crippen molar-refractivity contribution >= 4 is 10.0 Å². The molecule has 18 heavy (non-hydrogen) atoms. The first-order valence-electron chi connectivity index (χ1n) is 6.30. The van der Waals surface area contributed by atoms with E-state index in [0.717, 1.165) is 25.7 Å². The molecule has 0 radical (unpaired) electrons. The number of nitrogens with two attached hydrogens (primary N) is 1. The Morgan fingerprint density at radius 2 is 2.00 bits per heavy atom. The molecule has 1 aliphatic carbocycles. The standard InChI is InChI=1S/C11H20N4O2S/c12-11(6-3-1-2-4-7-11)9-14-18(16,17)10-5-8-13-15-10/h5,8,14H,1-4,6-7,9,12H2,(H,13,15). The van der Waals surface area contributed by atoms with E-state index < -0.39 is 15.6 Å². The summed E-state index contributed by atoms with van der Waals surface area (Å²) in [6.07, 6.45) is 7.68. The number of aromatic amines is 1. The molecule has 7 heteroatoms. The van der Waals surface area contributed by atoms with Crippen LogP contribution in [0.2, 0.25) is 0 Å². The van der Waals surface area contributed by atoms with E-state index in [1.807, 2.05) is 0 Å². The topological polar surface area (TPSA) is 101 Å². The zero-order valence-corrected chi connectivity index (χ0v) is 11.2. The van der Waals surface area contributed by atoms with E-state index in [4.69, 9.17) is 5.73 Å². The number of H-pyrrole nitrogens is 1. The number of rotatable bonds is 4. The first-order valence-corrected chi connectivity index (χ1v) is 7.78. The van der Waals surface area contributed by atoms with E-state index in [-0.39, 0.29) is 11.6 Å². The molecule has 102 valence electrons. The smallest absolute Gasteiger partial charge is 0.257 e. The molecule has 1 saturated carbocycles. The van der Waals surface area contributed by atoms with Crippen LogP contribution in [-0.4, -0.2) is 30.7 Å². The minimum Gasteiger partial charge on any atom is -0.324 e. The van der Waals surface area contributed by atoms with Crippen molar-refractivity contribution in [2.24, 2.45) is 5.73 Å². The molecule has 0 aliphatic heterocycles. The Kier molecular flexibility index (Phi) is 4.04. The molecule has 0 unspecified atom stereocenters. The highest BCUT2D eigenvalue weighted by molar-refractivity contribution is 7.89. The fraction of sp³-hybridized carbons (Fsp3) is 0.727. The molecule has 4 N–H and O–H groups in total. The van der Waals surface area contributed by atoms with Gasteiger partial charge in [-0.15, -0.1) is 0 Å². The summed E-state index contributed by atoms with van der Waals surface area (Å²) in [6.45, 7) is 0.286. The van der Waals surface area contributed by atoms with Crippen molar-refractivity contribution in [1.29, 1.82) is 0 Å². The second-order valence-corrected chi connectivity index (χ2v) is 6.76. The Morgan fingerprint density at radius 3 is 2.56 bits per heavy atom. The van der Waals surface area contributed by atoms with Gasteiger partial charge in [0.25, 0.3) is 10.0 Å². The van der Waals surface area contributed by atoms with Gasteiger partial charge in [0.05, 0.1) is 6.20 Å². The zero-order chi connectivity index (χ0) is 13.1. The molecule has 1 fully saturated rings. The maximum absolute atomic E-state index is 11.9. The monoisotopic (exact) mass is 272 g/mol.